The fourth-order valence-corrected chi connectivity index (χ4v) is 3.08. The number of hydrogen-bond donors (Lipinski definition) is 2. The van der Waals surface area contributed by atoms with Crippen molar-refractivity contribution >= 4 is 15.9 Å². The van der Waals surface area contributed by atoms with Crippen LogP contribution in [-0.4, -0.2) is 27.4 Å². The van der Waals surface area contributed by atoms with Gasteiger partial charge in [-0.1, -0.05) is 50.8 Å². The van der Waals surface area contributed by atoms with Crippen molar-refractivity contribution in [1.82, 2.24) is 10.0 Å². The van der Waals surface area contributed by atoms with Crippen molar-refractivity contribution in [3.63, 3.8) is 0 Å². The van der Waals surface area contributed by atoms with Crippen molar-refractivity contribution in [2.24, 2.45) is 0 Å². The van der Waals surface area contributed by atoms with Gasteiger partial charge in [0.05, 0.1) is 4.90 Å². The number of carbonyl (C=O) groups excluding carboxylic acids is 1. The van der Waals surface area contributed by atoms with Crippen LogP contribution in [0.1, 0.15) is 45.4 Å². The summed E-state index contributed by atoms with van der Waals surface area (Å²) in [6.07, 6.45) is 5.88. The van der Waals surface area contributed by atoms with Crippen LogP contribution in [0.15, 0.2) is 35.2 Å². The lowest BCUT2D eigenvalue weighted by molar-refractivity contribution is -0.120. The number of amides is 1. The molecule has 2 N–H and O–H groups in total. The van der Waals surface area contributed by atoms with Gasteiger partial charge in [-0.25, -0.2) is 13.1 Å². The van der Waals surface area contributed by atoms with Gasteiger partial charge in [0.15, 0.2) is 0 Å². The predicted octanol–water partition coefficient (Wildman–Crippen LogP) is 2.44. The molecule has 0 saturated carbocycles. The molecule has 0 aliphatic carbocycles. The third-order valence-electron chi connectivity index (χ3n) is 3.30. The van der Waals surface area contributed by atoms with Gasteiger partial charge < -0.3 is 5.32 Å². The van der Waals surface area contributed by atoms with Crippen LogP contribution in [0, 0.1) is 0 Å². The average Bonchev–Trinajstić information content (AvgIpc) is 2.51. The van der Waals surface area contributed by atoms with E-state index in [0.717, 1.165) is 12.8 Å². The summed E-state index contributed by atoms with van der Waals surface area (Å²) in [4.78, 5) is 11.8. The maximum absolute atomic E-state index is 11.9. The van der Waals surface area contributed by atoms with E-state index in [0.29, 0.717) is 6.54 Å². The van der Waals surface area contributed by atoms with Crippen molar-refractivity contribution in [2.45, 2.75) is 50.3 Å². The molecular weight excluding hydrogens is 300 g/mol. The highest BCUT2D eigenvalue weighted by Crippen LogP contribution is 2.06. The standard InChI is InChI=1S/C16H26N2O3S/c1-2-3-4-5-9-13-17-16(19)12-14-18-22(20,21)15-10-7-6-8-11-15/h6-8,10-11,18H,2-5,9,12-14H2,1H3,(H,17,19). The Kier molecular flexibility index (Phi) is 8.77. The molecule has 0 bridgehead atoms. The topological polar surface area (TPSA) is 75.3 Å². The zero-order chi connectivity index (χ0) is 16.3. The second-order valence-electron chi connectivity index (χ2n) is 5.22. The van der Waals surface area contributed by atoms with Gasteiger partial charge in [0.1, 0.15) is 0 Å². The molecule has 0 spiro atoms. The molecule has 6 heteroatoms. The smallest absolute Gasteiger partial charge is 0.240 e. The van der Waals surface area contributed by atoms with E-state index in [1.54, 1.807) is 18.2 Å². The fraction of sp³-hybridized carbons (Fsp3) is 0.562. The highest BCUT2D eigenvalue weighted by Gasteiger charge is 2.13. The van der Waals surface area contributed by atoms with E-state index in [1.165, 1.54) is 31.4 Å². The molecule has 0 atom stereocenters. The van der Waals surface area contributed by atoms with Crippen LogP contribution in [0.4, 0.5) is 0 Å². The monoisotopic (exact) mass is 326 g/mol. The minimum atomic E-state index is -3.52. The number of carbonyl (C=O) groups is 1. The van der Waals surface area contributed by atoms with Gasteiger partial charge in [-0.15, -0.1) is 0 Å². The lowest BCUT2D eigenvalue weighted by Gasteiger charge is -2.07. The highest BCUT2D eigenvalue weighted by atomic mass is 32.2. The molecule has 0 radical (unpaired) electrons. The van der Waals surface area contributed by atoms with Gasteiger partial charge in [-0.3, -0.25) is 4.79 Å². The first-order valence-corrected chi connectivity index (χ1v) is 9.36. The average molecular weight is 326 g/mol. The van der Waals surface area contributed by atoms with Gasteiger partial charge in [-0.05, 0) is 18.6 Å². The fourth-order valence-electron chi connectivity index (χ4n) is 2.03. The summed E-state index contributed by atoms with van der Waals surface area (Å²) in [5.41, 5.74) is 0. The van der Waals surface area contributed by atoms with Gasteiger partial charge in [0.2, 0.25) is 15.9 Å². The van der Waals surface area contributed by atoms with Crippen LogP contribution in [0.3, 0.4) is 0 Å². The number of unbranched alkanes of at least 4 members (excludes halogenated alkanes) is 4. The Labute approximate surface area is 133 Å². The Bertz CT molecular complexity index is 530. The second-order valence-corrected chi connectivity index (χ2v) is 6.99. The van der Waals surface area contributed by atoms with E-state index in [1.807, 2.05) is 0 Å². The van der Waals surface area contributed by atoms with E-state index in [4.69, 9.17) is 0 Å². The maximum Gasteiger partial charge on any atom is 0.240 e. The maximum atomic E-state index is 11.9. The molecule has 0 saturated heterocycles. The van der Waals surface area contributed by atoms with E-state index in [9.17, 15) is 13.2 Å². The number of benzene rings is 1. The third kappa shape index (κ3) is 7.56. The summed E-state index contributed by atoms with van der Waals surface area (Å²) in [5, 5.41) is 2.81. The van der Waals surface area contributed by atoms with E-state index in [2.05, 4.69) is 17.0 Å². The third-order valence-corrected chi connectivity index (χ3v) is 4.78. The van der Waals surface area contributed by atoms with E-state index in [-0.39, 0.29) is 23.8 Å². The Morgan fingerprint density at radius 1 is 1.00 bits per heavy atom. The molecule has 22 heavy (non-hydrogen) atoms. The van der Waals surface area contributed by atoms with Gasteiger partial charge in [-0.2, -0.15) is 0 Å². The van der Waals surface area contributed by atoms with Crippen LogP contribution in [-0.2, 0) is 14.8 Å². The molecule has 5 nitrogen and oxygen atoms in total. The minimum Gasteiger partial charge on any atom is -0.356 e. The van der Waals surface area contributed by atoms with Crippen molar-refractivity contribution in [3.8, 4) is 0 Å². The normalized spacial score (nSPS) is 11.3. The summed E-state index contributed by atoms with van der Waals surface area (Å²) in [6, 6.07) is 8.14. The van der Waals surface area contributed by atoms with E-state index < -0.39 is 10.0 Å². The van der Waals surface area contributed by atoms with Crippen molar-refractivity contribution in [3.05, 3.63) is 30.3 Å². The second kappa shape index (κ2) is 10.3. The summed E-state index contributed by atoms with van der Waals surface area (Å²) in [5.74, 6) is -0.119. The van der Waals surface area contributed by atoms with Crippen molar-refractivity contribution in [2.75, 3.05) is 13.1 Å². The van der Waals surface area contributed by atoms with Crippen LogP contribution >= 0.6 is 0 Å². The molecule has 1 aromatic carbocycles. The first-order chi connectivity index (χ1) is 10.6. The molecule has 0 aliphatic rings. The summed E-state index contributed by atoms with van der Waals surface area (Å²) in [6.45, 7) is 2.94. The molecule has 124 valence electrons. The number of sulfonamides is 1. The molecule has 0 unspecified atom stereocenters. The molecule has 1 rings (SSSR count). The Balaban J connectivity index is 2.17. The van der Waals surface area contributed by atoms with Gasteiger partial charge in [0, 0.05) is 19.5 Å². The molecule has 1 aromatic rings. The summed E-state index contributed by atoms with van der Waals surface area (Å²) < 4.78 is 26.3. The van der Waals surface area contributed by atoms with Gasteiger partial charge in [0.25, 0.3) is 0 Å². The molecule has 1 amide bonds. The molecule has 0 aromatic heterocycles. The molecular formula is C16H26N2O3S. The van der Waals surface area contributed by atoms with Crippen molar-refractivity contribution in [1.29, 1.82) is 0 Å². The highest BCUT2D eigenvalue weighted by molar-refractivity contribution is 7.89. The molecule has 0 heterocycles. The molecule has 0 aliphatic heterocycles. The van der Waals surface area contributed by atoms with Crippen LogP contribution < -0.4 is 10.0 Å². The zero-order valence-corrected chi connectivity index (χ0v) is 14.0. The van der Waals surface area contributed by atoms with E-state index >= 15 is 0 Å². The number of nitrogens with one attached hydrogen (secondary N) is 2. The predicted molar refractivity (Wildman–Crippen MR) is 88.0 cm³/mol. The SMILES string of the molecule is CCCCCCCNC(=O)CCNS(=O)(=O)c1ccccc1. The Hall–Kier alpha value is -1.40. The molecule has 0 fully saturated rings. The van der Waals surface area contributed by atoms with Crippen molar-refractivity contribution < 1.29 is 13.2 Å². The largest absolute Gasteiger partial charge is 0.356 e. The van der Waals surface area contributed by atoms with Crippen LogP contribution in [0.25, 0.3) is 0 Å². The first kappa shape index (κ1) is 18.6. The summed E-state index contributed by atoms with van der Waals surface area (Å²) in [7, 11) is -3.52. The van der Waals surface area contributed by atoms with Crippen LogP contribution in [0.2, 0.25) is 0 Å². The zero-order valence-electron chi connectivity index (χ0n) is 13.2. The first-order valence-electron chi connectivity index (χ1n) is 7.87. The Morgan fingerprint density at radius 3 is 2.36 bits per heavy atom. The lowest BCUT2D eigenvalue weighted by Crippen LogP contribution is -2.31. The number of hydrogen-bond acceptors (Lipinski definition) is 3. The number of rotatable bonds is 11. The minimum absolute atomic E-state index is 0.110. The Morgan fingerprint density at radius 2 is 1.68 bits per heavy atom. The summed E-state index contributed by atoms with van der Waals surface area (Å²) >= 11 is 0. The lowest BCUT2D eigenvalue weighted by atomic mass is 10.1. The van der Waals surface area contributed by atoms with Gasteiger partial charge >= 0.3 is 0 Å². The van der Waals surface area contributed by atoms with Crippen LogP contribution in [0.5, 0.6) is 0 Å². The quantitative estimate of drug-likeness (QED) is 0.613.